The average molecular weight is 1090 g/mol. The number of hydrogen-bond donors (Lipinski definition) is 5. The predicted octanol–water partition coefficient (Wildman–Crippen LogP) is 5.69. The Morgan fingerprint density at radius 2 is 1.57 bits per heavy atom. The monoisotopic (exact) mass is 1090 g/mol. The van der Waals surface area contributed by atoms with Gasteiger partial charge in [0.05, 0.1) is 70.5 Å². The lowest BCUT2D eigenvalue weighted by atomic mass is 9.78. The summed E-state index contributed by atoms with van der Waals surface area (Å²) in [7, 11) is 1.40. The van der Waals surface area contributed by atoms with Gasteiger partial charge in [0.25, 0.3) is 17.2 Å². The van der Waals surface area contributed by atoms with Gasteiger partial charge in [0.1, 0.15) is 28.9 Å². The molecular weight excluding hydrogens is 1030 g/mol. The summed E-state index contributed by atoms with van der Waals surface area (Å²) in [4.78, 5) is 98.4. The van der Waals surface area contributed by atoms with Gasteiger partial charge in [-0.05, 0) is 62.8 Å². The molecule has 79 heavy (non-hydrogen) atoms. The van der Waals surface area contributed by atoms with Gasteiger partial charge in [-0.3, -0.25) is 38.2 Å². The molecule has 3 aromatic rings. The van der Waals surface area contributed by atoms with E-state index in [9.17, 15) is 49.2 Å². The van der Waals surface area contributed by atoms with Crippen LogP contribution >= 0.6 is 0 Å². The minimum absolute atomic E-state index is 0.0469. The fourth-order valence-corrected chi connectivity index (χ4v) is 12.1. The van der Waals surface area contributed by atoms with Gasteiger partial charge in [0, 0.05) is 93.8 Å². The summed E-state index contributed by atoms with van der Waals surface area (Å²) >= 11 is 0. The number of benzene rings is 1. The number of aliphatic hydroxyl groups excluding tert-OH is 2. The number of pyridine rings is 2. The molecule has 3 fully saturated rings. The number of aryl methyl sites for hydroxylation is 1. The highest BCUT2D eigenvalue weighted by molar-refractivity contribution is 6.37. The Hall–Kier alpha value is -7.49. The Labute approximate surface area is 454 Å². The van der Waals surface area contributed by atoms with Gasteiger partial charge in [-0.1, -0.05) is 45.9 Å². The summed E-state index contributed by atoms with van der Waals surface area (Å²) in [5, 5.41) is 53.6. The lowest BCUT2D eigenvalue weighted by molar-refractivity contribution is -0.160. The summed E-state index contributed by atoms with van der Waals surface area (Å²) in [6, 6.07) is 1.41. The maximum Gasteiger partial charge on any atom is 0.341 e. The van der Waals surface area contributed by atoms with Crippen molar-refractivity contribution in [3.05, 3.63) is 115 Å². The van der Waals surface area contributed by atoms with E-state index >= 15 is 9.18 Å². The fraction of sp³-hybridized carbons (Fsp3) is 0.483. The minimum atomic E-state index is -2.18. The van der Waals surface area contributed by atoms with Crippen molar-refractivity contribution in [3.63, 3.8) is 0 Å². The number of methoxy groups -OCH3 is 1. The highest BCUT2D eigenvalue weighted by Crippen LogP contribution is 2.49. The number of hydrogen-bond acceptors (Lipinski definition) is 17. The Morgan fingerprint density at radius 3 is 2.19 bits per heavy atom. The minimum Gasteiger partial charge on any atom is -0.507 e. The van der Waals surface area contributed by atoms with E-state index in [0.717, 1.165) is 35.9 Å². The molecule has 420 valence electrons. The lowest BCUT2D eigenvalue weighted by Gasteiger charge is -2.38. The number of rotatable bonds is 7. The van der Waals surface area contributed by atoms with E-state index in [2.05, 4.69) is 10.4 Å². The van der Waals surface area contributed by atoms with E-state index in [-0.39, 0.29) is 40.2 Å². The van der Waals surface area contributed by atoms with Crippen LogP contribution in [-0.2, 0) is 23.8 Å². The van der Waals surface area contributed by atoms with Gasteiger partial charge in [-0.2, -0.15) is 5.10 Å². The van der Waals surface area contributed by atoms with Crippen LogP contribution in [0.3, 0.4) is 0 Å². The van der Waals surface area contributed by atoms with Crippen molar-refractivity contribution in [1.29, 1.82) is 0 Å². The number of halogens is 1. The van der Waals surface area contributed by atoms with Crippen molar-refractivity contribution >= 4 is 52.6 Å². The van der Waals surface area contributed by atoms with Crippen LogP contribution in [0.2, 0.25) is 0 Å². The highest BCUT2D eigenvalue weighted by atomic mass is 19.1. The number of carbonyl (C=O) groups is 6. The third-order valence-corrected chi connectivity index (χ3v) is 16.8. The van der Waals surface area contributed by atoms with Gasteiger partial charge in [0.15, 0.2) is 11.6 Å². The topological polar surface area (TPSA) is 273 Å². The third kappa shape index (κ3) is 9.94. The van der Waals surface area contributed by atoms with Crippen LogP contribution in [0.1, 0.15) is 125 Å². The van der Waals surface area contributed by atoms with Crippen LogP contribution in [0.25, 0.3) is 5.52 Å². The van der Waals surface area contributed by atoms with E-state index in [1.165, 1.54) is 59.1 Å². The number of fused-ring (bicyclic) bond motifs is 16. The number of hydrazone groups is 1. The molecule has 2 saturated heterocycles. The molecule has 1 saturated carbocycles. The van der Waals surface area contributed by atoms with Crippen LogP contribution in [0.15, 0.2) is 69.6 Å². The summed E-state index contributed by atoms with van der Waals surface area (Å²) in [5.41, 5.74) is -1.58. The number of aromatic hydroxyl groups is 1. The second-order valence-corrected chi connectivity index (χ2v) is 22.2. The summed E-state index contributed by atoms with van der Waals surface area (Å²) < 4.78 is 41.0. The number of amides is 1. The number of allylic oxidation sites excluding steroid dienone is 4. The van der Waals surface area contributed by atoms with Crippen molar-refractivity contribution in [2.24, 2.45) is 40.6 Å². The van der Waals surface area contributed by atoms with Crippen molar-refractivity contribution in [1.82, 2.24) is 14.7 Å². The predicted molar refractivity (Wildman–Crippen MR) is 285 cm³/mol. The van der Waals surface area contributed by atoms with Gasteiger partial charge < -0.3 is 49.6 Å². The SMILES string of the molecule is CO[C@H]1/C=C/O[C@@]2(C)Oc3c(C)c(O)c4c(c3C2=O)C(=O)C(/C=N/N2CC3CN(c5c(F)cn6c(=O)c(C(=O)O)cc(C7CC7)c6c5C)CC3C2)=C(NC(=O)/C(C)=C\C=C\[C@H](C)[C@H](O)[C@@H](C)[C@@H](O)[C@@H](C)[C@H](OC(C)=O)[C@@H]1C)C4=O. The molecule has 7 aliphatic rings. The zero-order valence-electron chi connectivity index (χ0n) is 45.7. The molecule has 7 heterocycles. The third-order valence-electron chi connectivity index (χ3n) is 16.8. The van der Waals surface area contributed by atoms with Crippen LogP contribution < -0.4 is 20.5 Å². The first-order chi connectivity index (χ1) is 37.3. The molecule has 20 nitrogen and oxygen atoms in total. The number of Topliss-reactive ketones (excluding diaryl/α,β-unsaturated/α-hetero) is 3. The molecule has 5 N–H and O–H groups in total. The summed E-state index contributed by atoms with van der Waals surface area (Å²) in [5.74, 6) is -12.2. The molecule has 5 bridgehead atoms. The van der Waals surface area contributed by atoms with Gasteiger partial charge in [0.2, 0.25) is 5.78 Å². The van der Waals surface area contributed by atoms with E-state index < -0.39 is 134 Å². The van der Waals surface area contributed by atoms with Crippen LogP contribution in [0, 0.1) is 55.2 Å². The van der Waals surface area contributed by atoms with Gasteiger partial charge >= 0.3 is 17.7 Å². The molecule has 1 amide bonds. The van der Waals surface area contributed by atoms with Crippen molar-refractivity contribution in [2.45, 2.75) is 111 Å². The average Bonchev–Trinajstić information content (AvgIpc) is 4.26. The van der Waals surface area contributed by atoms with Crippen molar-refractivity contribution < 1.29 is 72.5 Å². The highest BCUT2D eigenvalue weighted by Gasteiger charge is 2.53. The number of carboxylic acid groups (broad SMARTS) is 1. The second kappa shape index (κ2) is 21.3. The molecule has 11 atom stereocenters. The molecular formula is C58H66FN5O15. The first-order valence-electron chi connectivity index (χ1n) is 26.5. The lowest BCUT2D eigenvalue weighted by Crippen LogP contribution is -2.46. The molecule has 10 rings (SSSR count). The fourth-order valence-electron chi connectivity index (χ4n) is 12.1. The number of ether oxygens (including phenoxy) is 4. The molecule has 2 unspecified atom stereocenters. The van der Waals surface area contributed by atoms with Crippen molar-refractivity contribution in [3.8, 4) is 11.5 Å². The van der Waals surface area contributed by atoms with Crippen molar-refractivity contribution in [2.75, 3.05) is 38.2 Å². The van der Waals surface area contributed by atoms with Gasteiger partial charge in [-0.15, -0.1) is 0 Å². The number of esters is 1. The maximum absolute atomic E-state index is 16.2. The van der Waals surface area contributed by atoms with E-state index in [1.54, 1.807) is 45.7 Å². The number of aliphatic hydroxyl groups is 2. The van der Waals surface area contributed by atoms with E-state index in [0.29, 0.717) is 48.5 Å². The first kappa shape index (κ1) is 56.2. The summed E-state index contributed by atoms with van der Waals surface area (Å²) in [6.45, 7) is 15.3. The first-order valence-corrected chi connectivity index (χ1v) is 26.5. The van der Waals surface area contributed by atoms with E-state index in [4.69, 9.17) is 18.9 Å². The Balaban J connectivity index is 1.06. The van der Waals surface area contributed by atoms with Crippen LogP contribution in [0.4, 0.5) is 10.1 Å². The van der Waals surface area contributed by atoms with Crippen LogP contribution in [-0.4, -0.2) is 135 Å². The number of carbonyl (C=O) groups excluding carboxylic acids is 5. The normalized spacial score (nSPS) is 31.0. The molecule has 2 aliphatic carbocycles. The molecule has 5 aliphatic heterocycles. The second-order valence-electron chi connectivity index (χ2n) is 22.2. The molecule has 0 spiro atoms. The van der Waals surface area contributed by atoms with E-state index in [1.807, 2.05) is 4.90 Å². The zero-order chi connectivity index (χ0) is 57.4. The number of phenols is 1. The largest absolute Gasteiger partial charge is 0.507 e. The maximum atomic E-state index is 16.2. The molecule has 21 heteroatoms. The Bertz CT molecular complexity index is 3320. The quantitative estimate of drug-likeness (QED) is 0.140. The summed E-state index contributed by atoms with van der Waals surface area (Å²) in [6.07, 6.45) is 6.86. The number of phenolic OH excluding ortho intramolecular Hbond substituents is 1. The number of carboxylic acids is 1. The number of nitrogens with zero attached hydrogens (tertiary/aromatic N) is 4. The standard InChI is InChI=1S/C58H66FN5O15/c1-25-12-11-13-26(2)55(72)61-44-38(19-60-63-22-34-20-62(21-35(34)23-63)46-28(4)45-36(33-14-15-33)18-37(57(74)75)56(73)64(45)24-39(46)59)50(69)41-42(51(44)70)49(68)31(7)53-43(41)54(71)58(9,79-53)77-17-16-40(76-10)27(3)52(78-32(8)65)30(6)48(67)29(5)47(25)66/h11-13,16-19,24-25,27,29-30,33-35,40,47-48,52,66-68H,14-15,20-23H2,1-10H3,(H,61,72)(H,74,75)/b12-11+,17-16+,26-13-,60-19+/t25-,27+,29+,30+,34?,35?,40-,47-,48+,52+,58-/m0/s1. The molecule has 1 aromatic carbocycles. The smallest absolute Gasteiger partial charge is 0.341 e. The Morgan fingerprint density at radius 1 is 0.899 bits per heavy atom. The number of nitrogens with one attached hydrogen (secondary N) is 1. The number of ketones is 3. The molecule has 2 aromatic heterocycles. The number of anilines is 1. The zero-order valence-corrected chi connectivity index (χ0v) is 45.7. The number of aromatic carboxylic acids is 1. The van der Waals surface area contributed by atoms with Gasteiger partial charge in [-0.25, -0.2) is 9.18 Å². The Kier molecular flexibility index (Phi) is 15.2. The van der Waals surface area contributed by atoms with Crippen LogP contribution in [0.5, 0.6) is 11.5 Å². The number of aromatic nitrogens is 1. The molecule has 0 radical (unpaired) electrons.